The van der Waals surface area contributed by atoms with E-state index in [1.54, 1.807) is 36.4 Å². The number of fused-ring (bicyclic) bond motifs is 1. The summed E-state index contributed by atoms with van der Waals surface area (Å²) in [7, 11) is 0. The van der Waals surface area contributed by atoms with Crippen molar-refractivity contribution in [2.24, 2.45) is 5.10 Å². The van der Waals surface area contributed by atoms with Gasteiger partial charge >= 0.3 is 5.91 Å². The van der Waals surface area contributed by atoms with Gasteiger partial charge in [-0.05, 0) is 24.3 Å². The molecule has 1 heterocycles. The largest absolute Gasteiger partial charge is 0.507 e. The molecule has 1 aromatic heterocycles. The summed E-state index contributed by atoms with van der Waals surface area (Å²) < 4.78 is 5.42. The van der Waals surface area contributed by atoms with Crippen LogP contribution in [0.25, 0.3) is 11.0 Å². The van der Waals surface area contributed by atoms with E-state index in [9.17, 15) is 9.90 Å². The summed E-state index contributed by atoms with van der Waals surface area (Å²) in [5.41, 5.74) is 3.52. The van der Waals surface area contributed by atoms with Gasteiger partial charge in [0.15, 0.2) is 5.76 Å². The smallest absolute Gasteiger partial charge is 0.307 e. The van der Waals surface area contributed by atoms with Crippen molar-refractivity contribution in [2.45, 2.75) is 0 Å². The predicted octanol–water partition coefficient (Wildman–Crippen LogP) is 2.90. The van der Waals surface area contributed by atoms with Crippen LogP contribution in [-0.4, -0.2) is 17.2 Å². The first-order valence-electron chi connectivity index (χ1n) is 6.34. The van der Waals surface area contributed by atoms with Crippen LogP contribution >= 0.6 is 0 Å². The molecule has 5 heteroatoms. The summed E-state index contributed by atoms with van der Waals surface area (Å²) in [6, 6.07) is 15.7. The summed E-state index contributed by atoms with van der Waals surface area (Å²) in [6.45, 7) is 0. The minimum Gasteiger partial charge on any atom is -0.507 e. The molecule has 3 aromatic rings. The number of hydrazone groups is 1. The highest BCUT2D eigenvalue weighted by atomic mass is 16.3. The molecule has 0 saturated heterocycles. The Morgan fingerprint density at radius 2 is 1.90 bits per heavy atom. The predicted molar refractivity (Wildman–Crippen MR) is 79.4 cm³/mol. The van der Waals surface area contributed by atoms with Crippen LogP contribution in [-0.2, 0) is 0 Å². The van der Waals surface area contributed by atoms with Gasteiger partial charge < -0.3 is 9.52 Å². The molecule has 0 aliphatic rings. The van der Waals surface area contributed by atoms with Crippen molar-refractivity contribution in [3.05, 3.63) is 65.9 Å². The van der Waals surface area contributed by atoms with Gasteiger partial charge in [0, 0.05) is 10.9 Å². The molecule has 0 aliphatic carbocycles. The van der Waals surface area contributed by atoms with E-state index >= 15 is 0 Å². The maximum Gasteiger partial charge on any atom is 0.307 e. The van der Waals surface area contributed by atoms with Gasteiger partial charge in [-0.25, -0.2) is 5.43 Å². The molecule has 0 fully saturated rings. The Morgan fingerprint density at radius 3 is 2.71 bits per heavy atom. The van der Waals surface area contributed by atoms with Crippen molar-refractivity contribution < 1.29 is 14.3 Å². The van der Waals surface area contributed by atoms with Crippen molar-refractivity contribution in [2.75, 3.05) is 0 Å². The number of phenolic OH excluding ortho intramolecular Hbond substituents is 1. The van der Waals surface area contributed by atoms with E-state index in [1.807, 2.05) is 18.2 Å². The molecular formula is C16H12N2O3. The highest BCUT2D eigenvalue weighted by Gasteiger charge is 2.10. The van der Waals surface area contributed by atoms with Crippen molar-refractivity contribution in [1.29, 1.82) is 0 Å². The third-order valence-electron chi connectivity index (χ3n) is 2.96. The number of nitrogens with zero attached hydrogens (tertiary/aromatic N) is 1. The summed E-state index contributed by atoms with van der Waals surface area (Å²) in [4.78, 5) is 11.9. The van der Waals surface area contributed by atoms with Crippen LogP contribution in [0.4, 0.5) is 0 Å². The van der Waals surface area contributed by atoms with Crippen molar-refractivity contribution >= 4 is 23.1 Å². The molecular weight excluding hydrogens is 268 g/mol. The summed E-state index contributed by atoms with van der Waals surface area (Å²) in [6.07, 6.45) is 1.37. The second kappa shape index (κ2) is 5.50. The molecule has 0 unspecified atom stereocenters. The number of hydrogen-bond acceptors (Lipinski definition) is 4. The van der Waals surface area contributed by atoms with E-state index in [1.165, 1.54) is 6.21 Å². The molecule has 0 bridgehead atoms. The normalized spacial score (nSPS) is 11.0. The van der Waals surface area contributed by atoms with E-state index < -0.39 is 5.91 Å². The molecule has 21 heavy (non-hydrogen) atoms. The standard InChI is InChI=1S/C16H12N2O3/c19-13-7-3-1-6-12(13)10-17-18-16(20)15-9-11-5-2-4-8-14(11)21-15/h1-10,19H,(H,18,20)/b17-10+. The molecule has 3 rings (SSSR count). The Hall–Kier alpha value is -3.08. The number of rotatable bonds is 3. The number of carbonyl (C=O) groups excluding carboxylic acids is 1. The highest BCUT2D eigenvalue weighted by molar-refractivity contribution is 5.96. The minimum absolute atomic E-state index is 0.0965. The first-order valence-corrected chi connectivity index (χ1v) is 6.34. The topological polar surface area (TPSA) is 74.8 Å². The highest BCUT2D eigenvalue weighted by Crippen LogP contribution is 2.18. The number of furan rings is 1. The van der Waals surface area contributed by atoms with E-state index in [2.05, 4.69) is 10.5 Å². The number of phenols is 1. The fourth-order valence-electron chi connectivity index (χ4n) is 1.91. The zero-order valence-electron chi connectivity index (χ0n) is 11.0. The molecule has 0 aliphatic heterocycles. The number of benzene rings is 2. The van der Waals surface area contributed by atoms with Crippen LogP contribution in [0.3, 0.4) is 0 Å². The Morgan fingerprint density at radius 1 is 1.14 bits per heavy atom. The number of para-hydroxylation sites is 2. The van der Waals surface area contributed by atoms with Crippen molar-refractivity contribution in [1.82, 2.24) is 5.43 Å². The van der Waals surface area contributed by atoms with Gasteiger partial charge in [-0.15, -0.1) is 0 Å². The molecule has 0 radical (unpaired) electrons. The zero-order chi connectivity index (χ0) is 14.7. The first kappa shape index (κ1) is 12.9. The molecule has 2 aromatic carbocycles. The Bertz CT molecular complexity index is 788. The Labute approximate surface area is 120 Å². The molecule has 5 nitrogen and oxygen atoms in total. The number of nitrogens with one attached hydrogen (secondary N) is 1. The number of aromatic hydroxyl groups is 1. The second-order valence-electron chi connectivity index (χ2n) is 4.41. The van der Waals surface area contributed by atoms with Crippen LogP contribution in [0, 0.1) is 0 Å². The lowest BCUT2D eigenvalue weighted by Crippen LogP contribution is -2.16. The van der Waals surface area contributed by atoms with Gasteiger partial charge in [0.25, 0.3) is 0 Å². The lowest BCUT2D eigenvalue weighted by atomic mass is 10.2. The maximum atomic E-state index is 11.9. The summed E-state index contributed by atoms with van der Waals surface area (Å²) in [5.74, 6) is -0.164. The summed E-state index contributed by atoms with van der Waals surface area (Å²) in [5, 5.41) is 14.2. The van der Waals surface area contributed by atoms with E-state index in [4.69, 9.17) is 4.42 Å². The van der Waals surface area contributed by atoms with Crippen molar-refractivity contribution in [3.63, 3.8) is 0 Å². The minimum atomic E-state index is -0.446. The number of carbonyl (C=O) groups is 1. The van der Waals surface area contributed by atoms with E-state index in [0.717, 1.165) is 5.39 Å². The van der Waals surface area contributed by atoms with Gasteiger partial charge in [0.1, 0.15) is 11.3 Å². The van der Waals surface area contributed by atoms with Gasteiger partial charge in [0.05, 0.1) is 6.21 Å². The van der Waals surface area contributed by atoms with Crippen LogP contribution < -0.4 is 5.43 Å². The fraction of sp³-hybridized carbons (Fsp3) is 0. The Balaban J connectivity index is 1.73. The molecule has 2 N–H and O–H groups in total. The van der Waals surface area contributed by atoms with Gasteiger partial charge in [0.2, 0.25) is 0 Å². The number of amides is 1. The van der Waals surface area contributed by atoms with Gasteiger partial charge in [-0.3, -0.25) is 4.79 Å². The SMILES string of the molecule is O=C(N/N=C/c1ccccc1O)c1cc2ccccc2o1. The summed E-state index contributed by atoms with van der Waals surface area (Å²) >= 11 is 0. The van der Waals surface area contributed by atoms with Crippen LogP contribution in [0.5, 0.6) is 5.75 Å². The fourth-order valence-corrected chi connectivity index (χ4v) is 1.91. The van der Waals surface area contributed by atoms with Crippen LogP contribution in [0.2, 0.25) is 0 Å². The maximum absolute atomic E-state index is 11.9. The van der Waals surface area contributed by atoms with E-state index in [0.29, 0.717) is 11.1 Å². The zero-order valence-corrected chi connectivity index (χ0v) is 11.0. The third-order valence-corrected chi connectivity index (χ3v) is 2.96. The molecule has 104 valence electrons. The van der Waals surface area contributed by atoms with Crippen LogP contribution in [0.1, 0.15) is 16.1 Å². The third kappa shape index (κ3) is 2.76. The van der Waals surface area contributed by atoms with Crippen molar-refractivity contribution in [3.8, 4) is 5.75 Å². The van der Waals surface area contributed by atoms with Gasteiger partial charge in [-0.1, -0.05) is 30.3 Å². The molecule has 1 amide bonds. The van der Waals surface area contributed by atoms with Gasteiger partial charge in [-0.2, -0.15) is 5.10 Å². The van der Waals surface area contributed by atoms with Crippen LogP contribution in [0.15, 0.2) is 64.1 Å². The van der Waals surface area contributed by atoms with E-state index in [-0.39, 0.29) is 11.5 Å². The molecule has 0 atom stereocenters. The lowest BCUT2D eigenvalue weighted by Gasteiger charge is -1.97. The molecule has 0 saturated carbocycles. The Kier molecular flexibility index (Phi) is 3.39. The lowest BCUT2D eigenvalue weighted by molar-refractivity contribution is 0.0929. The monoisotopic (exact) mass is 280 g/mol. The first-order chi connectivity index (χ1) is 10.2. The number of hydrogen-bond donors (Lipinski definition) is 2. The average Bonchev–Trinajstić information content (AvgIpc) is 2.93. The molecule has 0 spiro atoms. The second-order valence-corrected chi connectivity index (χ2v) is 4.41. The quantitative estimate of drug-likeness (QED) is 0.572. The average molecular weight is 280 g/mol.